The van der Waals surface area contributed by atoms with Crippen molar-refractivity contribution in [1.29, 1.82) is 0 Å². The van der Waals surface area contributed by atoms with Crippen molar-refractivity contribution in [2.24, 2.45) is 0 Å². The standard InChI is InChI=1S/3C6H15O2PS2.Sb/c3*1-5(2)7-9(10,11)8-6(3)4;/h3*5-6H,1-4H3,(H,10,11);/q;;;+3/p-3. The van der Waals surface area contributed by atoms with E-state index in [1.54, 1.807) is 0 Å². The second kappa shape index (κ2) is 22.3. The van der Waals surface area contributed by atoms with Crippen LogP contribution in [-0.2, 0) is 99.3 Å². The molecule has 0 heterocycles. The van der Waals surface area contributed by atoms with Crippen molar-refractivity contribution in [3.8, 4) is 0 Å². The normalized spacial score (nSPS) is 12.6. The molecular formula is C18H42O6P3S6Sb. The van der Waals surface area contributed by atoms with Crippen LogP contribution in [0.3, 0.4) is 0 Å². The van der Waals surface area contributed by atoms with Gasteiger partial charge in [0.25, 0.3) is 0 Å². The first-order valence-corrected chi connectivity index (χ1v) is 21.5. The molecular weight excluding hydrogens is 719 g/mol. The molecule has 2 radical (unpaired) electrons. The predicted octanol–water partition coefficient (Wildman–Crippen LogP) is 7.44. The zero-order valence-electron chi connectivity index (χ0n) is 22.2. The first-order chi connectivity index (χ1) is 14.5. The Morgan fingerprint density at radius 1 is 0.382 bits per heavy atom. The van der Waals surface area contributed by atoms with Crippen LogP contribution in [0.4, 0.5) is 0 Å². The van der Waals surface area contributed by atoms with Gasteiger partial charge in [0.15, 0.2) is 0 Å². The molecule has 0 aromatic heterocycles. The molecule has 0 atom stereocenters. The average molecular weight is 762 g/mol. The third-order valence-corrected chi connectivity index (χ3v) is 9.22. The minimum atomic E-state index is -2.39. The van der Waals surface area contributed by atoms with Crippen LogP contribution in [0.25, 0.3) is 0 Å². The van der Waals surface area contributed by atoms with Gasteiger partial charge in [0.1, 0.15) is 0 Å². The maximum absolute atomic E-state index is 5.27. The van der Waals surface area contributed by atoms with Crippen molar-refractivity contribution in [2.75, 3.05) is 0 Å². The molecule has 6 nitrogen and oxygen atoms in total. The molecule has 0 aliphatic carbocycles. The van der Waals surface area contributed by atoms with Crippen LogP contribution in [0.1, 0.15) is 83.1 Å². The molecule has 0 rings (SSSR count). The summed E-state index contributed by atoms with van der Waals surface area (Å²) in [6.45, 7) is 22.8. The summed E-state index contributed by atoms with van der Waals surface area (Å²) < 4.78 is 31.6. The van der Waals surface area contributed by atoms with Crippen LogP contribution in [0, 0.1) is 0 Å². The Morgan fingerprint density at radius 3 is 0.529 bits per heavy atom. The number of rotatable bonds is 12. The van der Waals surface area contributed by atoms with E-state index in [-0.39, 0.29) is 61.1 Å². The summed E-state index contributed by atoms with van der Waals surface area (Å²) in [5.74, 6) is 0. The molecule has 0 spiro atoms. The van der Waals surface area contributed by atoms with Gasteiger partial charge < -0.3 is 63.9 Å². The van der Waals surface area contributed by atoms with E-state index >= 15 is 0 Å². The Kier molecular flexibility index (Phi) is 29.2. The molecule has 16 heteroatoms. The van der Waals surface area contributed by atoms with Gasteiger partial charge in [-0.1, -0.05) is 35.4 Å². The molecule has 0 saturated heterocycles. The molecule has 0 bridgehead atoms. The zero-order chi connectivity index (χ0) is 27.2. The summed E-state index contributed by atoms with van der Waals surface area (Å²) in [6.07, 6.45) is 0.317. The molecule has 0 N–H and O–H groups in total. The van der Waals surface area contributed by atoms with E-state index in [4.69, 9.17) is 99.3 Å². The van der Waals surface area contributed by atoms with Gasteiger partial charge in [0, 0.05) is 0 Å². The Labute approximate surface area is 258 Å². The molecule has 34 heavy (non-hydrogen) atoms. The fraction of sp³-hybridized carbons (Fsp3) is 1.00. The van der Waals surface area contributed by atoms with E-state index in [1.165, 1.54) is 0 Å². The third-order valence-electron chi connectivity index (χ3n) is 2.04. The van der Waals surface area contributed by atoms with Gasteiger partial charge in [-0.15, -0.1) is 0 Å². The smallest absolute Gasteiger partial charge is 0.691 e. The second-order valence-corrected chi connectivity index (χ2v) is 22.9. The topological polar surface area (TPSA) is 55.4 Å². The minimum Gasteiger partial charge on any atom is -0.691 e. The van der Waals surface area contributed by atoms with E-state index in [2.05, 4.69) is 0 Å². The molecule has 0 aliphatic rings. The summed E-state index contributed by atoms with van der Waals surface area (Å²) in [4.78, 5) is 0. The Balaban J connectivity index is -0.000000196. The fourth-order valence-corrected chi connectivity index (χ4v) is 11.1. The Hall–Kier alpha value is 3.58. The SMILES string of the molecule is CC(C)OP(=S)([S-])OC(C)C.CC(C)OP(=S)([S-])OC(C)C.CC(C)OP(=S)([S-])OC(C)C.[Sb+3]. The predicted molar refractivity (Wildman–Crippen MR) is 168 cm³/mol. The number of hydrogen-bond donors (Lipinski definition) is 0. The van der Waals surface area contributed by atoms with Crippen molar-refractivity contribution in [3.05, 3.63) is 0 Å². The van der Waals surface area contributed by atoms with Crippen molar-refractivity contribution < 1.29 is 27.1 Å². The molecule has 0 fully saturated rings. The Morgan fingerprint density at radius 2 is 0.471 bits per heavy atom. The van der Waals surface area contributed by atoms with E-state index in [1.807, 2.05) is 83.1 Å². The maximum Gasteiger partial charge on any atom is 3.00 e. The van der Waals surface area contributed by atoms with Crippen molar-refractivity contribution in [2.45, 2.75) is 120 Å². The molecule has 206 valence electrons. The van der Waals surface area contributed by atoms with Crippen LogP contribution in [-0.4, -0.2) is 61.1 Å². The molecule has 0 aromatic rings. The van der Waals surface area contributed by atoms with Crippen LogP contribution in [0.5, 0.6) is 0 Å². The minimum absolute atomic E-state index is 0. The summed E-state index contributed by atoms with van der Waals surface area (Å²) in [5.41, 5.74) is -7.16. The third kappa shape index (κ3) is 37.7. The fourth-order valence-electron chi connectivity index (χ4n) is 1.62. The molecule has 0 unspecified atom stereocenters. The van der Waals surface area contributed by atoms with Crippen molar-refractivity contribution in [3.63, 3.8) is 0 Å². The van der Waals surface area contributed by atoms with Crippen molar-refractivity contribution >= 4 is 114 Å². The maximum atomic E-state index is 5.27. The van der Waals surface area contributed by atoms with E-state index < -0.39 is 17.1 Å². The molecule has 0 aromatic carbocycles. The first kappa shape index (κ1) is 44.6. The average Bonchev–Trinajstić information content (AvgIpc) is 2.38. The summed E-state index contributed by atoms with van der Waals surface area (Å²) in [6, 6.07) is 0. The van der Waals surface area contributed by atoms with E-state index in [9.17, 15) is 0 Å². The monoisotopic (exact) mass is 760 g/mol. The van der Waals surface area contributed by atoms with E-state index in [0.717, 1.165) is 0 Å². The quantitative estimate of drug-likeness (QED) is 0.113. The molecule has 0 saturated carbocycles. The van der Waals surface area contributed by atoms with Crippen molar-refractivity contribution in [1.82, 2.24) is 0 Å². The van der Waals surface area contributed by atoms with Gasteiger partial charge in [0.2, 0.25) is 0 Å². The molecule has 0 aliphatic heterocycles. The Bertz CT molecular complexity index is 526. The van der Waals surface area contributed by atoms with Gasteiger partial charge in [-0.05, 0) is 83.1 Å². The van der Waals surface area contributed by atoms with Gasteiger partial charge in [-0.3, -0.25) is 0 Å². The largest absolute Gasteiger partial charge is 3.00 e. The van der Waals surface area contributed by atoms with Gasteiger partial charge >= 0.3 is 24.4 Å². The molecule has 0 amide bonds. The first-order valence-electron chi connectivity index (χ1n) is 10.5. The number of hydrogen-bond acceptors (Lipinski definition) is 12. The van der Waals surface area contributed by atoms with Crippen LogP contribution < -0.4 is 0 Å². The van der Waals surface area contributed by atoms with Gasteiger partial charge in [0.05, 0.1) is 53.7 Å². The summed E-state index contributed by atoms with van der Waals surface area (Å²) in [5, 5.41) is 0. The summed E-state index contributed by atoms with van der Waals surface area (Å²) in [7, 11) is 0. The van der Waals surface area contributed by atoms with E-state index in [0.29, 0.717) is 0 Å². The van der Waals surface area contributed by atoms with Crippen LogP contribution in [0.15, 0.2) is 0 Å². The van der Waals surface area contributed by atoms with Gasteiger partial charge in [-0.2, -0.15) is 0 Å². The van der Waals surface area contributed by atoms with Gasteiger partial charge in [-0.25, -0.2) is 0 Å². The summed E-state index contributed by atoms with van der Waals surface area (Å²) >= 11 is 29.9. The zero-order valence-corrected chi connectivity index (χ0v) is 32.3. The van der Waals surface area contributed by atoms with Crippen LogP contribution in [0.2, 0.25) is 0 Å². The van der Waals surface area contributed by atoms with Crippen LogP contribution >= 0.6 is 17.1 Å². The second-order valence-electron chi connectivity index (χ2n) is 8.27.